The van der Waals surface area contributed by atoms with Crippen molar-refractivity contribution >= 4 is 11.9 Å². The van der Waals surface area contributed by atoms with Crippen LogP contribution in [0.3, 0.4) is 0 Å². The van der Waals surface area contributed by atoms with E-state index in [1.54, 1.807) is 0 Å². The lowest BCUT2D eigenvalue weighted by atomic mass is 9.80. The Hall–Kier alpha value is -3.22. The van der Waals surface area contributed by atoms with Gasteiger partial charge < -0.3 is 20.1 Å². The average molecular weight is 427 g/mol. The number of allylic oxidation sites excluding steroid dienone is 2. The normalized spacial score (nSPS) is 16.7. The second-order valence-electron chi connectivity index (χ2n) is 7.02. The number of aliphatic carboxylic acids is 2. The van der Waals surface area contributed by atoms with E-state index >= 15 is 0 Å². The van der Waals surface area contributed by atoms with Crippen molar-refractivity contribution < 1.29 is 29.6 Å². The van der Waals surface area contributed by atoms with E-state index in [9.17, 15) is 9.59 Å². The molecule has 3 N–H and O–H groups in total. The van der Waals surface area contributed by atoms with Crippen LogP contribution >= 0.6 is 0 Å². The summed E-state index contributed by atoms with van der Waals surface area (Å²) in [6.45, 7) is 5.16. The van der Waals surface area contributed by atoms with Crippen LogP contribution in [0.15, 0.2) is 84.5 Å². The Morgan fingerprint density at radius 2 is 1.52 bits per heavy atom. The average Bonchev–Trinajstić information content (AvgIpc) is 2.79. The SMILES string of the molecule is CC1(C(=O)O)C=CC=C(C(=O)O)C1.CCOCc1ccccc1.OCc1ccccc1. The van der Waals surface area contributed by atoms with Crippen molar-refractivity contribution in [3.63, 3.8) is 0 Å². The largest absolute Gasteiger partial charge is 0.481 e. The summed E-state index contributed by atoms with van der Waals surface area (Å²) in [7, 11) is 0. The zero-order valence-electron chi connectivity index (χ0n) is 17.9. The highest BCUT2D eigenvalue weighted by Gasteiger charge is 2.34. The third kappa shape index (κ3) is 9.89. The van der Waals surface area contributed by atoms with Gasteiger partial charge in [0, 0.05) is 12.2 Å². The highest BCUT2D eigenvalue weighted by Crippen LogP contribution is 2.31. The molecule has 0 fully saturated rings. The first-order valence-corrected chi connectivity index (χ1v) is 9.94. The number of carbonyl (C=O) groups is 2. The fraction of sp³-hybridized carbons (Fsp3) is 0.280. The Labute approximate surface area is 183 Å². The zero-order valence-corrected chi connectivity index (χ0v) is 17.9. The predicted octanol–water partition coefficient (Wildman–Crippen LogP) is 4.45. The molecule has 0 radical (unpaired) electrons. The lowest BCUT2D eigenvalue weighted by molar-refractivity contribution is -0.145. The van der Waals surface area contributed by atoms with E-state index in [4.69, 9.17) is 20.1 Å². The van der Waals surface area contributed by atoms with Gasteiger partial charge in [-0.1, -0.05) is 78.9 Å². The van der Waals surface area contributed by atoms with Crippen molar-refractivity contribution in [1.82, 2.24) is 0 Å². The van der Waals surface area contributed by atoms with Crippen LogP contribution in [-0.2, 0) is 27.5 Å². The van der Waals surface area contributed by atoms with Gasteiger partial charge in [-0.05, 0) is 31.4 Å². The monoisotopic (exact) mass is 426 g/mol. The number of benzene rings is 2. The van der Waals surface area contributed by atoms with E-state index in [0.717, 1.165) is 18.8 Å². The van der Waals surface area contributed by atoms with Crippen LogP contribution in [0.2, 0.25) is 0 Å². The van der Waals surface area contributed by atoms with E-state index in [-0.39, 0.29) is 18.6 Å². The van der Waals surface area contributed by atoms with E-state index in [2.05, 4.69) is 12.1 Å². The molecule has 2 aromatic carbocycles. The molecule has 0 spiro atoms. The summed E-state index contributed by atoms with van der Waals surface area (Å²) in [6, 6.07) is 19.7. The van der Waals surface area contributed by atoms with Crippen LogP contribution in [0.25, 0.3) is 0 Å². The number of carboxylic acids is 2. The van der Waals surface area contributed by atoms with Gasteiger partial charge in [-0.3, -0.25) is 4.79 Å². The summed E-state index contributed by atoms with van der Waals surface area (Å²) in [5.41, 5.74) is 1.26. The lowest BCUT2D eigenvalue weighted by Gasteiger charge is -2.23. The Bertz CT molecular complexity index is 858. The first-order chi connectivity index (χ1) is 14.8. The molecule has 1 aliphatic carbocycles. The van der Waals surface area contributed by atoms with Crippen LogP contribution in [0.1, 0.15) is 31.4 Å². The molecule has 31 heavy (non-hydrogen) atoms. The minimum Gasteiger partial charge on any atom is -0.481 e. The minimum atomic E-state index is -1.08. The first kappa shape index (κ1) is 25.8. The van der Waals surface area contributed by atoms with E-state index in [0.29, 0.717) is 0 Å². The van der Waals surface area contributed by atoms with Crippen molar-refractivity contribution in [3.8, 4) is 0 Å². The molecule has 0 aliphatic heterocycles. The Balaban J connectivity index is 0.000000240. The summed E-state index contributed by atoms with van der Waals surface area (Å²) in [5.74, 6) is -2.06. The molecular weight excluding hydrogens is 396 g/mol. The van der Waals surface area contributed by atoms with E-state index < -0.39 is 17.4 Å². The number of aliphatic hydroxyl groups excluding tert-OH is 1. The maximum absolute atomic E-state index is 10.8. The van der Waals surface area contributed by atoms with Crippen LogP contribution in [0, 0.1) is 5.41 Å². The van der Waals surface area contributed by atoms with E-state index in [1.165, 1.54) is 30.7 Å². The lowest BCUT2D eigenvalue weighted by Crippen LogP contribution is -2.28. The summed E-state index contributed by atoms with van der Waals surface area (Å²) in [4.78, 5) is 21.3. The number of ether oxygens (including phenoxy) is 1. The molecule has 2 aromatic rings. The number of carboxylic acid groups (broad SMARTS) is 2. The zero-order chi connectivity index (χ0) is 23.1. The van der Waals surface area contributed by atoms with Crippen molar-refractivity contribution in [3.05, 3.63) is 95.6 Å². The Morgan fingerprint density at radius 1 is 0.968 bits per heavy atom. The summed E-state index contributed by atoms with van der Waals surface area (Å²) >= 11 is 0. The highest BCUT2D eigenvalue weighted by atomic mass is 16.5. The fourth-order valence-electron chi connectivity index (χ4n) is 2.56. The van der Waals surface area contributed by atoms with Gasteiger partial charge >= 0.3 is 11.9 Å². The summed E-state index contributed by atoms with van der Waals surface area (Å²) < 4.78 is 5.22. The molecule has 6 heteroatoms. The molecular formula is C25H30O6. The Kier molecular flexibility index (Phi) is 11.6. The summed E-state index contributed by atoms with van der Waals surface area (Å²) in [6.07, 6.45) is 4.43. The smallest absolute Gasteiger partial charge is 0.331 e. The van der Waals surface area contributed by atoms with E-state index in [1.807, 2.05) is 55.5 Å². The number of hydrogen-bond acceptors (Lipinski definition) is 4. The molecule has 0 aromatic heterocycles. The van der Waals surface area contributed by atoms with Crippen LogP contribution in [0.4, 0.5) is 0 Å². The molecule has 0 heterocycles. The fourth-order valence-corrected chi connectivity index (χ4v) is 2.56. The molecule has 0 bridgehead atoms. The maximum Gasteiger partial charge on any atom is 0.331 e. The molecule has 1 atom stereocenters. The predicted molar refractivity (Wildman–Crippen MR) is 119 cm³/mol. The standard InChI is InChI=1S/C9H10O4.C9H12O.C7H8O/c1-9(8(12)13)4-2-3-6(5-9)7(10)11;1-2-10-8-9-6-4-3-5-7-9;8-6-7-4-2-1-3-5-7/h2-4H,5H2,1H3,(H,10,11)(H,12,13);3-7H,2,8H2,1H3;1-5,8H,6H2. The Morgan fingerprint density at radius 3 is 1.94 bits per heavy atom. The van der Waals surface area contributed by atoms with Crippen molar-refractivity contribution in [2.24, 2.45) is 5.41 Å². The first-order valence-electron chi connectivity index (χ1n) is 9.94. The maximum atomic E-state index is 10.8. The van der Waals surface area contributed by atoms with Gasteiger partial charge in [-0.2, -0.15) is 0 Å². The van der Waals surface area contributed by atoms with Crippen molar-refractivity contribution in [1.29, 1.82) is 0 Å². The van der Waals surface area contributed by atoms with Crippen LogP contribution < -0.4 is 0 Å². The molecule has 0 amide bonds. The van der Waals surface area contributed by atoms with Gasteiger partial charge in [0.2, 0.25) is 0 Å². The summed E-state index contributed by atoms with van der Waals surface area (Å²) in [5, 5.41) is 26.0. The number of rotatable bonds is 6. The minimum absolute atomic E-state index is 0.0359. The van der Waals surface area contributed by atoms with Crippen molar-refractivity contribution in [2.75, 3.05) is 6.61 Å². The quantitative estimate of drug-likeness (QED) is 0.630. The molecule has 1 unspecified atom stereocenters. The van der Waals surface area contributed by atoms with Crippen molar-refractivity contribution in [2.45, 2.75) is 33.5 Å². The van der Waals surface area contributed by atoms with Crippen LogP contribution in [0.5, 0.6) is 0 Å². The third-order valence-corrected chi connectivity index (χ3v) is 4.42. The second kappa shape index (κ2) is 13.9. The highest BCUT2D eigenvalue weighted by molar-refractivity contribution is 5.90. The van der Waals surface area contributed by atoms with Gasteiger partial charge in [0.15, 0.2) is 0 Å². The molecule has 0 saturated carbocycles. The molecule has 0 saturated heterocycles. The molecule has 6 nitrogen and oxygen atoms in total. The van der Waals surface area contributed by atoms with Gasteiger partial charge in [0.05, 0.1) is 18.6 Å². The van der Waals surface area contributed by atoms with Gasteiger partial charge in [-0.25, -0.2) is 4.79 Å². The van der Waals surface area contributed by atoms with Gasteiger partial charge in [0.25, 0.3) is 0 Å². The topological polar surface area (TPSA) is 104 Å². The third-order valence-electron chi connectivity index (χ3n) is 4.42. The number of hydrogen-bond donors (Lipinski definition) is 3. The number of aliphatic hydroxyl groups is 1. The van der Waals surface area contributed by atoms with Gasteiger partial charge in [0.1, 0.15) is 0 Å². The van der Waals surface area contributed by atoms with Crippen LogP contribution in [-0.4, -0.2) is 33.9 Å². The second-order valence-corrected chi connectivity index (χ2v) is 7.02. The molecule has 1 aliphatic rings. The van der Waals surface area contributed by atoms with Gasteiger partial charge in [-0.15, -0.1) is 0 Å². The molecule has 3 rings (SSSR count). The molecule has 166 valence electrons.